The average molecular weight is 478 g/mol. The monoisotopic (exact) mass is 478 g/mol. The molecule has 1 N–H and O–H groups in total. The third kappa shape index (κ3) is 4.61. The summed E-state index contributed by atoms with van der Waals surface area (Å²) in [4.78, 5) is 12.7. The highest BCUT2D eigenvalue weighted by Crippen LogP contribution is 2.40. The van der Waals surface area contributed by atoms with Gasteiger partial charge in [0.05, 0.1) is 23.8 Å². The van der Waals surface area contributed by atoms with E-state index in [0.717, 1.165) is 17.7 Å². The molecule has 5 nitrogen and oxygen atoms in total. The summed E-state index contributed by atoms with van der Waals surface area (Å²) in [6, 6.07) is 9.94. The molecular formula is C25H26F4N2O3. The molecule has 1 saturated heterocycles. The normalized spacial score (nSPS) is 17.2. The van der Waals surface area contributed by atoms with Crippen molar-refractivity contribution in [2.75, 3.05) is 19.7 Å². The van der Waals surface area contributed by atoms with E-state index in [2.05, 4.69) is 0 Å². The van der Waals surface area contributed by atoms with E-state index in [4.69, 9.17) is 4.74 Å². The number of rotatable bonds is 5. The maximum atomic E-state index is 13.6. The van der Waals surface area contributed by atoms with Crippen molar-refractivity contribution in [3.05, 3.63) is 71.2 Å². The Kier molecular flexibility index (Phi) is 6.33. The maximum Gasteiger partial charge on any atom is 0.416 e. The molecule has 0 saturated carbocycles. The van der Waals surface area contributed by atoms with E-state index in [1.54, 1.807) is 42.9 Å². The second kappa shape index (κ2) is 8.94. The zero-order chi connectivity index (χ0) is 24.7. The lowest BCUT2D eigenvalue weighted by molar-refractivity contribution is -0.137. The Balaban J connectivity index is 1.64. The molecule has 1 aliphatic rings. The third-order valence-corrected chi connectivity index (χ3v) is 6.82. The SMILES string of the molecule is CC(OCC1(c2ccc(F)cc2)CCN(C(=O)O)CC1)c1cc(C(F)(F)F)cc2ccn(C)c12. The van der Waals surface area contributed by atoms with Crippen LogP contribution in [0.3, 0.4) is 0 Å². The van der Waals surface area contributed by atoms with Crippen molar-refractivity contribution >= 4 is 17.0 Å². The Morgan fingerprint density at radius 3 is 2.38 bits per heavy atom. The maximum absolute atomic E-state index is 13.6. The van der Waals surface area contributed by atoms with E-state index in [0.29, 0.717) is 29.3 Å². The Labute approximate surface area is 194 Å². The van der Waals surface area contributed by atoms with Crippen LogP contribution in [0.25, 0.3) is 10.9 Å². The van der Waals surface area contributed by atoms with Crippen LogP contribution in [0.1, 0.15) is 42.6 Å². The van der Waals surface area contributed by atoms with Crippen molar-refractivity contribution in [2.24, 2.45) is 7.05 Å². The number of halogens is 4. The molecular weight excluding hydrogens is 452 g/mol. The van der Waals surface area contributed by atoms with Crippen LogP contribution < -0.4 is 0 Å². The van der Waals surface area contributed by atoms with Gasteiger partial charge in [-0.2, -0.15) is 13.2 Å². The van der Waals surface area contributed by atoms with Crippen LogP contribution in [0, 0.1) is 5.82 Å². The van der Waals surface area contributed by atoms with Gasteiger partial charge in [-0.1, -0.05) is 12.1 Å². The smallest absolute Gasteiger partial charge is 0.416 e. The summed E-state index contributed by atoms with van der Waals surface area (Å²) in [5.74, 6) is -0.383. The number of carbonyl (C=O) groups is 1. The number of benzene rings is 2. The number of likely N-dealkylation sites (tertiary alicyclic amines) is 1. The number of ether oxygens (including phenoxy) is 1. The molecule has 2 aromatic carbocycles. The Morgan fingerprint density at radius 2 is 1.79 bits per heavy atom. The van der Waals surface area contributed by atoms with Gasteiger partial charge >= 0.3 is 12.3 Å². The molecule has 0 bridgehead atoms. The van der Waals surface area contributed by atoms with E-state index in [-0.39, 0.29) is 25.5 Å². The Hall–Kier alpha value is -3.07. The predicted molar refractivity (Wildman–Crippen MR) is 119 cm³/mol. The largest absolute Gasteiger partial charge is 0.465 e. The lowest BCUT2D eigenvalue weighted by atomic mass is 9.73. The summed E-state index contributed by atoms with van der Waals surface area (Å²) in [6.07, 6.45) is -3.52. The minimum atomic E-state index is -4.49. The van der Waals surface area contributed by atoms with Crippen molar-refractivity contribution < 1.29 is 32.2 Å². The van der Waals surface area contributed by atoms with Crippen LogP contribution >= 0.6 is 0 Å². The summed E-state index contributed by atoms with van der Waals surface area (Å²) >= 11 is 0. The van der Waals surface area contributed by atoms with Crippen LogP contribution in [-0.2, 0) is 23.4 Å². The molecule has 4 rings (SSSR count). The van der Waals surface area contributed by atoms with Gasteiger partial charge in [-0.05, 0) is 55.7 Å². The second-order valence-corrected chi connectivity index (χ2v) is 8.94. The number of aryl methyl sites for hydroxylation is 1. The van der Waals surface area contributed by atoms with Gasteiger partial charge in [-0.15, -0.1) is 0 Å². The molecule has 9 heteroatoms. The van der Waals surface area contributed by atoms with Gasteiger partial charge in [-0.3, -0.25) is 0 Å². The first-order valence-corrected chi connectivity index (χ1v) is 11.0. The van der Waals surface area contributed by atoms with Gasteiger partial charge in [0.25, 0.3) is 0 Å². The number of hydrogen-bond acceptors (Lipinski definition) is 2. The highest BCUT2D eigenvalue weighted by Gasteiger charge is 2.39. The van der Waals surface area contributed by atoms with Gasteiger partial charge in [-0.25, -0.2) is 9.18 Å². The standard InChI is InChI=1S/C25H26F4N2O3/c1-16(21-14-19(25(27,28)29)13-17-7-10-30(2)22(17)21)34-15-24(18-3-5-20(26)6-4-18)8-11-31(12-9-24)23(32)33/h3-7,10,13-14,16H,8-9,11-12,15H2,1-2H3,(H,32,33). The number of aromatic nitrogens is 1. The molecule has 0 aliphatic carbocycles. The first kappa shape index (κ1) is 24.1. The summed E-state index contributed by atoms with van der Waals surface area (Å²) in [6.45, 7) is 2.45. The second-order valence-electron chi connectivity index (χ2n) is 8.94. The summed E-state index contributed by atoms with van der Waals surface area (Å²) in [5, 5.41) is 9.81. The van der Waals surface area contributed by atoms with E-state index >= 15 is 0 Å². The summed E-state index contributed by atoms with van der Waals surface area (Å²) in [7, 11) is 1.77. The number of fused-ring (bicyclic) bond motifs is 1. The molecule has 34 heavy (non-hydrogen) atoms. The van der Waals surface area contributed by atoms with E-state index < -0.39 is 29.4 Å². The topological polar surface area (TPSA) is 54.7 Å². The summed E-state index contributed by atoms with van der Waals surface area (Å²) in [5.41, 5.74) is 0.591. The van der Waals surface area contributed by atoms with E-state index in [1.807, 2.05) is 0 Å². The molecule has 3 aromatic rings. The number of amides is 1. The van der Waals surface area contributed by atoms with Crippen LogP contribution in [0.5, 0.6) is 0 Å². The molecule has 1 unspecified atom stereocenters. The first-order valence-electron chi connectivity index (χ1n) is 11.0. The van der Waals surface area contributed by atoms with Gasteiger partial charge in [0.1, 0.15) is 5.82 Å². The number of carboxylic acid groups (broad SMARTS) is 1. The lowest BCUT2D eigenvalue weighted by Crippen LogP contribution is -2.47. The van der Waals surface area contributed by atoms with Crippen molar-refractivity contribution in [3.8, 4) is 0 Å². The number of nitrogens with zero attached hydrogens (tertiary/aromatic N) is 2. The fourth-order valence-electron chi connectivity index (χ4n) is 4.77. The molecule has 182 valence electrons. The van der Waals surface area contributed by atoms with Crippen molar-refractivity contribution in [2.45, 2.75) is 37.5 Å². The van der Waals surface area contributed by atoms with E-state index in [9.17, 15) is 27.5 Å². The molecule has 1 amide bonds. The first-order chi connectivity index (χ1) is 16.0. The molecule has 1 aliphatic heterocycles. The van der Waals surface area contributed by atoms with Gasteiger partial charge in [0.2, 0.25) is 0 Å². The van der Waals surface area contributed by atoms with Crippen LogP contribution in [0.15, 0.2) is 48.7 Å². The fraction of sp³-hybridized carbons (Fsp3) is 0.400. The Bertz CT molecular complexity index is 1180. The number of hydrogen-bond donors (Lipinski definition) is 1. The molecule has 0 spiro atoms. The summed E-state index contributed by atoms with van der Waals surface area (Å²) < 4.78 is 62.1. The van der Waals surface area contributed by atoms with Gasteiger partial charge in [0, 0.05) is 42.7 Å². The van der Waals surface area contributed by atoms with E-state index in [1.165, 1.54) is 17.0 Å². The minimum absolute atomic E-state index is 0.162. The van der Waals surface area contributed by atoms with Crippen molar-refractivity contribution in [1.29, 1.82) is 0 Å². The van der Waals surface area contributed by atoms with Crippen LogP contribution in [0.2, 0.25) is 0 Å². The average Bonchev–Trinajstić information content (AvgIpc) is 3.18. The predicted octanol–water partition coefficient (Wildman–Crippen LogP) is 6.13. The third-order valence-electron chi connectivity index (χ3n) is 6.82. The highest BCUT2D eigenvalue weighted by atomic mass is 19.4. The van der Waals surface area contributed by atoms with Crippen molar-refractivity contribution in [3.63, 3.8) is 0 Å². The van der Waals surface area contributed by atoms with Gasteiger partial charge in [0.15, 0.2) is 0 Å². The fourth-order valence-corrected chi connectivity index (χ4v) is 4.77. The quantitative estimate of drug-likeness (QED) is 0.449. The lowest BCUT2D eigenvalue weighted by Gasteiger charge is -2.41. The zero-order valence-electron chi connectivity index (χ0n) is 18.9. The van der Waals surface area contributed by atoms with Crippen LogP contribution in [0.4, 0.5) is 22.4 Å². The van der Waals surface area contributed by atoms with Gasteiger partial charge < -0.3 is 19.3 Å². The zero-order valence-corrected chi connectivity index (χ0v) is 18.9. The highest BCUT2D eigenvalue weighted by molar-refractivity contribution is 5.84. The number of alkyl halides is 3. The number of piperidine rings is 1. The Morgan fingerprint density at radius 1 is 1.15 bits per heavy atom. The molecule has 1 fully saturated rings. The van der Waals surface area contributed by atoms with Crippen LogP contribution in [-0.4, -0.2) is 40.4 Å². The molecule has 1 aromatic heterocycles. The minimum Gasteiger partial charge on any atom is -0.465 e. The molecule has 0 radical (unpaired) electrons. The molecule has 2 heterocycles. The van der Waals surface area contributed by atoms with Crippen molar-refractivity contribution in [1.82, 2.24) is 9.47 Å². The molecule has 1 atom stereocenters.